The molecular weight excluding hydrogens is 174 g/mol. The van der Waals surface area contributed by atoms with E-state index in [1.54, 1.807) is 6.20 Å². The van der Waals surface area contributed by atoms with Gasteiger partial charge in [0.25, 0.3) is 0 Å². The Morgan fingerprint density at radius 1 is 1.29 bits per heavy atom. The molecule has 2 N–H and O–H groups in total. The molecule has 1 aromatic heterocycles. The quantitative estimate of drug-likeness (QED) is 0.742. The molecule has 0 spiro atoms. The Labute approximate surface area is 83.2 Å². The van der Waals surface area contributed by atoms with E-state index in [1.807, 2.05) is 10.8 Å². The molecule has 3 heteroatoms. The maximum Gasteiger partial charge on any atom is 0.204 e. The number of anilines is 1. The molecule has 0 saturated heterocycles. The third-order valence-electron chi connectivity index (χ3n) is 2.28. The Bertz CT molecular complexity index is 457. The molecule has 1 heterocycles. The van der Waals surface area contributed by atoms with Crippen molar-refractivity contribution in [2.45, 2.75) is 13.8 Å². The first-order chi connectivity index (χ1) is 6.68. The van der Waals surface area contributed by atoms with E-state index in [0.717, 1.165) is 5.69 Å². The van der Waals surface area contributed by atoms with Crippen molar-refractivity contribution < 1.29 is 0 Å². The van der Waals surface area contributed by atoms with Crippen LogP contribution in [0.1, 0.15) is 11.1 Å². The predicted molar refractivity (Wildman–Crippen MR) is 57.5 cm³/mol. The van der Waals surface area contributed by atoms with Crippen LogP contribution >= 0.6 is 0 Å². The van der Waals surface area contributed by atoms with Crippen molar-refractivity contribution in [2.24, 2.45) is 0 Å². The Hall–Kier alpha value is -1.77. The topological polar surface area (TPSA) is 43.8 Å². The molecule has 0 unspecified atom stereocenters. The lowest BCUT2D eigenvalue weighted by Crippen LogP contribution is -2.01. The maximum absolute atomic E-state index is 5.73. The molecule has 0 amide bonds. The lowest BCUT2D eigenvalue weighted by atomic mass is 10.1. The van der Waals surface area contributed by atoms with Gasteiger partial charge in [-0.2, -0.15) is 0 Å². The number of aryl methyl sites for hydroxylation is 2. The average molecular weight is 187 g/mol. The van der Waals surface area contributed by atoms with Gasteiger partial charge in [-0.05, 0) is 25.5 Å². The van der Waals surface area contributed by atoms with E-state index < -0.39 is 0 Å². The smallest absolute Gasteiger partial charge is 0.204 e. The summed E-state index contributed by atoms with van der Waals surface area (Å²) in [5, 5.41) is 0. The summed E-state index contributed by atoms with van der Waals surface area (Å²) in [4.78, 5) is 4.00. The van der Waals surface area contributed by atoms with Gasteiger partial charge in [0.15, 0.2) is 0 Å². The van der Waals surface area contributed by atoms with Crippen LogP contribution in [0.3, 0.4) is 0 Å². The van der Waals surface area contributed by atoms with E-state index in [2.05, 4.69) is 37.0 Å². The number of aromatic nitrogens is 2. The van der Waals surface area contributed by atoms with Crippen LogP contribution in [0.4, 0.5) is 5.95 Å². The fourth-order valence-corrected chi connectivity index (χ4v) is 1.59. The molecule has 2 rings (SSSR count). The van der Waals surface area contributed by atoms with E-state index in [9.17, 15) is 0 Å². The van der Waals surface area contributed by atoms with Gasteiger partial charge in [0.2, 0.25) is 5.95 Å². The van der Waals surface area contributed by atoms with Gasteiger partial charge < -0.3 is 5.73 Å². The summed E-state index contributed by atoms with van der Waals surface area (Å²) < 4.78 is 1.88. The summed E-state index contributed by atoms with van der Waals surface area (Å²) in [6, 6.07) is 6.26. The summed E-state index contributed by atoms with van der Waals surface area (Å²) >= 11 is 0. The molecule has 0 bridgehead atoms. The SMILES string of the molecule is Cc1ccc(-n2ccnc2N)c(C)c1. The summed E-state index contributed by atoms with van der Waals surface area (Å²) in [5.41, 5.74) is 9.28. The van der Waals surface area contributed by atoms with Crippen LogP contribution in [-0.2, 0) is 0 Å². The minimum absolute atomic E-state index is 0.525. The molecule has 2 aromatic rings. The van der Waals surface area contributed by atoms with E-state index in [1.165, 1.54) is 11.1 Å². The molecule has 72 valence electrons. The highest BCUT2D eigenvalue weighted by molar-refractivity contribution is 5.46. The van der Waals surface area contributed by atoms with Crippen LogP contribution in [0, 0.1) is 13.8 Å². The van der Waals surface area contributed by atoms with Crippen LogP contribution < -0.4 is 5.73 Å². The molecule has 0 aliphatic rings. The highest BCUT2D eigenvalue weighted by atomic mass is 15.1. The molecule has 0 fully saturated rings. The molecule has 0 radical (unpaired) electrons. The van der Waals surface area contributed by atoms with Crippen molar-refractivity contribution in [2.75, 3.05) is 5.73 Å². The fraction of sp³-hybridized carbons (Fsp3) is 0.182. The molecule has 0 aliphatic carbocycles. The number of hydrogen-bond acceptors (Lipinski definition) is 2. The lowest BCUT2D eigenvalue weighted by Gasteiger charge is -2.08. The molecule has 14 heavy (non-hydrogen) atoms. The first-order valence-corrected chi connectivity index (χ1v) is 4.55. The highest BCUT2D eigenvalue weighted by Gasteiger charge is 2.03. The lowest BCUT2D eigenvalue weighted by molar-refractivity contribution is 1.05. The summed E-state index contributed by atoms with van der Waals surface area (Å²) in [7, 11) is 0. The van der Waals surface area contributed by atoms with Crippen LogP contribution in [0.5, 0.6) is 0 Å². The highest BCUT2D eigenvalue weighted by Crippen LogP contribution is 2.17. The predicted octanol–water partition coefficient (Wildman–Crippen LogP) is 2.07. The number of imidazole rings is 1. The van der Waals surface area contributed by atoms with Gasteiger partial charge in [0.05, 0.1) is 5.69 Å². The van der Waals surface area contributed by atoms with Crippen molar-refractivity contribution >= 4 is 5.95 Å². The van der Waals surface area contributed by atoms with Gasteiger partial charge in [-0.1, -0.05) is 17.7 Å². The largest absolute Gasteiger partial charge is 0.369 e. The van der Waals surface area contributed by atoms with Crippen LogP contribution in [-0.4, -0.2) is 9.55 Å². The number of nitrogen functional groups attached to an aromatic ring is 1. The number of nitrogens with two attached hydrogens (primary N) is 1. The number of rotatable bonds is 1. The normalized spacial score (nSPS) is 10.4. The van der Waals surface area contributed by atoms with Crippen molar-refractivity contribution in [3.05, 3.63) is 41.7 Å². The van der Waals surface area contributed by atoms with Gasteiger partial charge in [-0.3, -0.25) is 4.57 Å². The third kappa shape index (κ3) is 1.37. The van der Waals surface area contributed by atoms with Crippen molar-refractivity contribution in [1.82, 2.24) is 9.55 Å². The molecule has 0 atom stereocenters. The molecule has 0 aliphatic heterocycles. The third-order valence-corrected chi connectivity index (χ3v) is 2.28. The van der Waals surface area contributed by atoms with Gasteiger partial charge in [0.1, 0.15) is 0 Å². The van der Waals surface area contributed by atoms with E-state index in [-0.39, 0.29) is 0 Å². The average Bonchev–Trinajstić information content (AvgIpc) is 2.52. The van der Waals surface area contributed by atoms with Crippen LogP contribution in [0.15, 0.2) is 30.6 Å². The fourth-order valence-electron chi connectivity index (χ4n) is 1.59. The van der Waals surface area contributed by atoms with Crippen LogP contribution in [0.25, 0.3) is 5.69 Å². The Morgan fingerprint density at radius 3 is 2.64 bits per heavy atom. The number of benzene rings is 1. The van der Waals surface area contributed by atoms with Crippen molar-refractivity contribution in [3.63, 3.8) is 0 Å². The Balaban J connectivity index is 2.58. The standard InChI is InChI=1S/C11H13N3/c1-8-3-4-10(9(2)7-8)14-6-5-13-11(14)12/h3-7H,1-2H3,(H2,12,13). The maximum atomic E-state index is 5.73. The second-order valence-electron chi connectivity index (χ2n) is 3.45. The zero-order chi connectivity index (χ0) is 10.1. The summed E-state index contributed by atoms with van der Waals surface area (Å²) in [5.74, 6) is 0.525. The monoisotopic (exact) mass is 187 g/mol. The first-order valence-electron chi connectivity index (χ1n) is 4.55. The van der Waals surface area contributed by atoms with E-state index in [4.69, 9.17) is 5.73 Å². The van der Waals surface area contributed by atoms with Gasteiger partial charge in [0, 0.05) is 12.4 Å². The molecule has 0 saturated carbocycles. The second-order valence-corrected chi connectivity index (χ2v) is 3.45. The Morgan fingerprint density at radius 2 is 2.07 bits per heavy atom. The molecular formula is C11H13N3. The van der Waals surface area contributed by atoms with Gasteiger partial charge in [-0.15, -0.1) is 0 Å². The first kappa shape index (κ1) is 8.81. The number of hydrogen-bond donors (Lipinski definition) is 1. The zero-order valence-corrected chi connectivity index (χ0v) is 8.36. The van der Waals surface area contributed by atoms with Gasteiger partial charge >= 0.3 is 0 Å². The molecule has 1 aromatic carbocycles. The molecule has 3 nitrogen and oxygen atoms in total. The van der Waals surface area contributed by atoms with Gasteiger partial charge in [-0.25, -0.2) is 4.98 Å². The van der Waals surface area contributed by atoms with Crippen LogP contribution in [0.2, 0.25) is 0 Å². The second kappa shape index (κ2) is 3.18. The minimum Gasteiger partial charge on any atom is -0.369 e. The van der Waals surface area contributed by atoms with E-state index in [0.29, 0.717) is 5.95 Å². The summed E-state index contributed by atoms with van der Waals surface area (Å²) in [6.45, 7) is 4.15. The van der Waals surface area contributed by atoms with Crippen molar-refractivity contribution in [1.29, 1.82) is 0 Å². The van der Waals surface area contributed by atoms with Crippen molar-refractivity contribution in [3.8, 4) is 5.69 Å². The number of nitrogens with zero attached hydrogens (tertiary/aromatic N) is 2. The zero-order valence-electron chi connectivity index (χ0n) is 8.36. The van der Waals surface area contributed by atoms with E-state index >= 15 is 0 Å². The Kier molecular flexibility index (Phi) is 2.00. The minimum atomic E-state index is 0.525. The summed E-state index contributed by atoms with van der Waals surface area (Å²) in [6.07, 6.45) is 3.57.